The summed E-state index contributed by atoms with van der Waals surface area (Å²) in [5.74, 6) is -0.0708. The van der Waals surface area contributed by atoms with Crippen LogP contribution in [-0.2, 0) is 21.2 Å². The number of hydrogen-bond donors (Lipinski definition) is 2. The van der Waals surface area contributed by atoms with Crippen LogP contribution in [0.2, 0.25) is 0 Å². The SMILES string of the molecule is [C-]#[N+]C12C3OC3C(C)(C)c3[nH]c4cccc5c4c3C1(O)C(CCC2(C)C=C)C5(C)C. The van der Waals surface area contributed by atoms with Crippen LogP contribution >= 0.6 is 0 Å². The van der Waals surface area contributed by atoms with E-state index in [9.17, 15) is 5.11 Å². The fourth-order valence-corrected chi connectivity index (χ4v) is 7.83. The van der Waals surface area contributed by atoms with Crippen LogP contribution < -0.4 is 0 Å². The van der Waals surface area contributed by atoms with Gasteiger partial charge in [-0.1, -0.05) is 45.9 Å². The lowest BCUT2D eigenvalue weighted by Gasteiger charge is -2.59. The van der Waals surface area contributed by atoms with Crippen molar-refractivity contribution in [2.75, 3.05) is 0 Å². The Morgan fingerprint density at radius 2 is 1.93 bits per heavy atom. The van der Waals surface area contributed by atoms with Crippen LogP contribution in [0.4, 0.5) is 0 Å². The lowest BCUT2D eigenvalue weighted by atomic mass is 9.43. The molecule has 30 heavy (non-hydrogen) atoms. The van der Waals surface area contributed by atoms with E-state index in [1.165, 1.54) is 5.56 Å². The summed E-state index contributed by atoms with van der Waals surface area (Å²) in [6.45, 7) is 23.7. The highest BCUT2D eigenvalue weighted by Gasteiger charge is 2.86. The van der Waals surface area contributed by atoms with Gasteiger partial charge in [0.25, 0.3) is 0 Å². The maximum Gasteiger partial charge on any atom is 0.301 e. The molecule has 2 aromatic rings. The summed E-state index contributed by atoms with van der Waals surface area (Å²) in [6, 6.07) is 6.43. The Morgan fingerprint density at radius 1 is 1.20 bits per heavy atom. The van der Waals surface area contributed by atoms with Gasteiger partial charge in [0.1, 0.15) is 6.10 Å². The van der Waals surface area contributed by atoms with Crippen molar-refractivity contribution in [2.45, 2.75) is 81.6 Å². The molecule has 1 saturated carbocycles. The minimum absolute atomic E-state index is 0.0708. The first-order valence-electron chi connectivity index (χ1n) is 11.1. The first kappa shape index (κ1) is 18.7. The highest BCUT2D eigenvalue weighted by molar-refractivity contribution is 5.92. The van der Waals surface area contributed by atoms with Gasteiger partial charge in [0.2, 0.25) is 0 Å². The summed E-state index contributed by atoms with van der Waals surface area (Å²) in [5, 5.41) is 14.2. The predicted octanol–water partition coefficient (Wildman–Crippen LogP) is 4.97. The second kappa shape index (κ2) is 4.87. The fourth-order valence-electron chi connectivity index (χ4n) is 7.83. The molecule has 156 valence electrons. The third-order valence-electron chi connectivity index (χ3n) is 9.56. The van der Waals surface area contributed by atoms with E-state index in [1.54, 1.807) is 0 Å². The summed E-state index contributed by atoms with van der Waals surface area (Å²) in [5.41, 5.74) is 0.791. The van der Waals surface area contributed by atoms with Gasteiger partial charge in [-0.05, 0) is 36.8 Å². The quantitative estimate of drug-likeness (QED) is 0.402. The molecule has 4 nitrogen and oxygen atoms in total. The molecular formula is C26H30N2O2. The predicted molar refractivity (Wildman–Crippen MR) is 117 cm³/mol. The van der Waals surface area contributed by atoms with E-state index in [-0.39, 0.29) is 29.0 Å². The topological polar surface area (TPSA) is 52.9 Å². The lowest BCUT2D eigenvalue weighted by molar-refractivity contribution is -0.167. The number of aliphatic hydroxyl groups is 1. The molecule has 0 bridgehead atoms. The number of hydrogen-bond acceptors (Lipinski definition) is 2. The Labute approximate surface area is 178 Å². The zero-order valence-corrected chi connectivity index (χ0v) is 18.5. The number of aromatic nitrogens is 1. The first-order chi connectivity index (χ1) is 14.0. The molecule has 3 aliphatic carbocycles. The van der Waals surface area contributed by atoms with Gasteiger partial charge in [-0.15, -0.1) is 6.58 Å². The number of ether oxygens (including phenoxy) is 1. The molecule has 1 aromatic carbocycles. The number of H-pyrrole nitrogens is 1. The van der Waals surface area contributed by atoms with Crippen molar-refractivity contribution >= 4 is 10.9 Å². The Bertz CT molecular complexity index is 1180. The third-order valence-corrected chi connectivity index (χ3v) is 9.56. The van der Waals surface area contributed by atoms with Crippen molar-refractivity contribution in [1.82, 2.24) is 4.98 Å². The van der Waals surface area contributed by atoms with Crippen molar-refractivity contribution < 1.29 is 9.84 Å². The lowest BCUT2D eigenvalue weighted by Crippen LogP contribution is -2.71. The van der Waals surface area contributed by atoms with E-state index in [4.69, 9.17) is 11.3 Å². The van der Waals surface area contributed by atoms with Gasteiger partial charge >= 0.3 is 5.54 Å². The van der Waals surface area contributed by atoms with Crippen molar-refractivity contribution in [3.05, 3.63) is 59.1 Å². The maximum atomic E-state index is 13.0. The van der Waals surface area contributed by atoms with Gasteiger partial charge < -0.3 is 19.7 Å². The van der Waals surface area contributed by atoms with Gasteiger partial charge in [-0.2, -0.15) is 0 Å². The van der Waals surface area contributed by atoms with E-state index >= 15 is 0 Å². The minimum atomic E-state index is -1.31. The average molecular weight is 403 g/mol. The number of epoxide rings is 1. The molecule has 0 radical (unpaired) electrons. The van der Waals surface area contributed by atoms with Gasteiger partial charge in [0.15, 0.2) is 11.7 Å². The highest BCUT2D eigenvalue weighted by Crippen LogP contribution is 2.73. The van der Waals surface area contributed by atoms with E-state index in [2.05, 4.69) is 69.2 Å². The smallest absolute Gasteiger partial charge is 0.301 e. The van der Waals surface area contributed by atoms with Crippen LogP contribution in [0.5, 0.6) is 0 Å². The normalized spacial score (nSPS) is 44.0. The number of nitrogens with zero attached hydrogens (tertiary/aromatic N) is 1. The molecule has 6 rings (SSSR count). The monoisotopic (exact) mass is 402 g/mol. The highest BCUT2D eigenvalue weighted by atomic mass is 16.6. The summed E-state index contributed by atoms with van der Waals surface area (Å²) < 4.78 is 6.35. The van der Waals surface area contributed by atoms with Gasteiger partial charge in [0, 0.05) is 33.5 Å². The third kappa shape index (κ3) is 1.55. The molecule has 2 heterocycles. The van der Waals surface area contributed by atoms with Crippen molar-refractivity contribution in [3.8, 4) is 0 Å². The Morgan fingerprint density at radius 3 is 2.60 bits per heavy atom. The van der Waals surface area contributed by atoms with E-state index in [1.807, 2.05) is 6.08 Å². The minimum Gasteiger partial charge on any atom is -0.377 e. The first-order valence-corrected chi connectivity index (χ1v) is 11.1. The molecule has 2 fully saturated rings. The molecule has 1 saturated heterocycles. The molecule has 2 N–H and O–H groups in total. The molecule has 0 spiro atoms. The molecular weight excluding hydrogens is 372 g/mol. The number of benzene rings is 1. The summed E-state index contributed by atoms with van der Waals surface area (Å²) >= 11 is 0. The molecule has 6 unspecified atom stereocenters. The Balaban J connectivity index is 1.88. The van der Waals surface area contributed by atoms with Crippen LogP contribution in [0.15, 0.2) is 30.9 Å². The average Bonchev–Trinajstić information content (AvgIpc) is 3.40. The number of aromatic amines is 1. The number of fused-ring (bicyclic) bond motifs is 2. The molecule has 4 heteroatoms. The molecule has 6 atom stereocenters. The molecule has 1 aliphatic heterocycles. The second-order valence-corrected chi connectivity index (χ2v) is 11.4. The number of nitrogens with one attached hydrogen (secondary N) is 1. The standard InChI is InChI=1S/C26H30N2O2/c1-8-24(6)13-12-16-22(2,3)14-10-9-11-15-17(14)18-19(28-15)23(4,5)20-21(30-20)26(24,27-7)25(16,18)29/h8-11,16,20-21,28-29H,1,12-13H2,2-6H3. The maximum absolute atomic E-state index is 13.0. The Hall–Kier alpha value is -2.09. The van der Waals surface area contributed by atoms with Gasteiger partial charge in [0.05, 0.1) is 5.41 Å². The Kier molecular flexibility index (Phi) is 3.03. The van der Waals surface area contributed by atoms with Crippen LogP contribution in [0, 0.1) is 17.9 Å². The van der Waals surface area contributed by atoms with E-state index in [0.717, 1.165) is 35.0 Å². The van der Waals surface area contributed by atoms with Gasteiger partial charge in [-0.25, -0.2) is 6.57 Å². The zero-order valence-electron chi connectivity index (χ0n) is 18.5. The molecule has 4 aliphatic rings. The van der Waals surface area contributed by atoms with Crippen LogP contribution in [0.1, 0.15) is 64.3 Å². The van der Waals surface area contributed by atoms with Crippen molar-refractivity contribution in [3.63, 3.8) is 0 Å². The molecule has 0 amide bonds. The van der Waals surface area contributed by atoms with Crippen LogP contribution in [-0.4, -0.2) is 27.8 Å². The summed E-state index contributed by atoms with van der Waals surface area (Å²) in [4.78, 5) is 8.05. The van der Waals surface area contributed by atoms with E-state index in [0.29, 0.717) is 0 Å². The fraction of sp³-hybridized carbons (Fsp3) is 0.577. The van der Waals surface area contributed by atoms with Crippen molar-refractivity contribution in [2.24, 2.45) is 11.3 Å². The van der Waals surface area contributed by atoms with Crippen LogP contribution in [0.25, 0.3) is 15.7 Å². The van der Waals surface area contributed by atoms with E-state index < -0.39 is 16.6 Å². The van der Waals surface area contributed by atoms with Gasteiger partial charge in [-0.3, -0.25) is 0 Å². The largest absolute Gasteiger partial charge is 0.377 e. The summed E-state index contributed by atoms with van der Waals surface area (Å²) in [7, 11) is 0. The second-order valence-electron chi connectivity index (χ2n) is 11.4. The molecule has 1 aromatic heterocycles. The number of rotatable bonds is 1. The summed E-state index contributed by atoms with van der Waals surface area (Å²) in [6.07, 6.45) is 3.19. The van der Waals surface area contributed by atoms with Crippen LogP contribution in [0.3, 0.4) is 0 Å². The zero-order chi connectivity index (χ0) is 21.5. The van der Waals surface area contributed by atoms with Crippen molar-refractivity contribution in [1.29, 1.82) is 0 Å².